The molecule has 13 heteroatoms. The molecule has 256 valence electrons. The molecule has 1 fully saturated rings. The molecule has 47 heavy (non-hydrogen) atoms. The first-order chi connectivity index (χ1) is 22.0. The Morgan fingerprint density at radius 3 is 2.36 bits per heavy atom. The first kappa shape index (κ1) is 36.2. The van der Waals surface area contributed by atoms with Crippen LogP contribution in [-0.4, -0.2) is 61.4 Å². The number of hydrogen-bond donors (Lipinski definition) is 0. The molecular weight excluding hydrogens is 651 g/mol. The van der Waals surface area contributed by atoms with E-state index in [1.165, 1.54) is 11.0 Å². The second-order valence-electron chi connectivity index (χ2n) is 12.8. The zero-order chi connectivity index (χ0) is 34.7. The van der Waals surface area contributed by atoms with Crippen molar-refractivity contribution in [2.24, 2.45) is 0 Å². The average Bonchev–Trinajstić information content (AvgIpc) is 3.48. The molecule has 2 aromatic rings. The summed E-state index contributed by atoms with van der Waals surface area (Å²) in [4.78, 5) is 40.2. The van der Waals surface area contributed by atoms with Gasteiger partial charge in [-0.15, -0.1) is 0 Å². The van der Waals surface area contributed by atoms with Crippen LogP contribution in [0, 0.1) is 19.7 Å². The van der Waals surface area contributed by atoms with Crippen molar-refractivity contribution in [2.45, 2.75) is 97.1 Å². The molecule has 0 spiro atoms. The molecule has 1 aliphatic heterocycles. The quantitative estimate of drug-likeness (QED) is 0.208. The molecular formula is C34H42ClFN2O8S. The van der Waals surface area contributed by atoms with Crippen LogP contribution in [0.4, 0.5) is 14.9 Å². The number of benzene rings is 2. The molecule has 1 unspecified atom stereocenters. The summed E-state index contributed by atoms with van der Waals surface area (Å²) in [6.45, 7) is 10.6. The number of rotatable bonds is 9. The van der Waals surface area contributed by atoms with Crippen LogP contribution < -0.4 is 9.04 Å². The number of nitrogens with zero attached hydrogens (tertiary/aromatic N) is 2. The Labute approximate surface area is 280 Å². The van der Waals surface area contributed by atoms with Crippen LogP contribution in [0.15, 0.2) is 42.0 Å². The number of aryl methyl sites for hydroxylation is 2. The highest BCUT2D eigenvalue weighted by atomic mass is 35.5. The number of ether oxygens (including phenoxy) is 3. The summed E-state index contributed by atoms with van der Waals surface area (Å²) in [5, 5.41) is -1.31. The molecule has 0 bridgehead atoms. The second-order valence-corrected chi connectivity index (χ2v) is 15.2. The third kappa shape index (κ3) is 8.45. The van der Waals surface area contributed by atoms with E-state index in [2.05, 4.69) is 0 Å². The maximum absolute atomic E-state index is 14.4. The predicted octanol–water partition coefficient (Wildman–Crippen LogP) is 6.78. The van der Waals surface area contributed by atoms with Gasteiger partial charge in [0.1, 0.15) is 28.5 Å². The zero-order valence-electron chi connectivity index (χ0n) is 27.6. The predicted molar refractivity (Wildman–Crippen MR) is 176 cm³/mol. The molecule has 10 nitrogen and oxygen atoms in total. The van der Waals surface area contributed by atoms with Gasteiger partial charge in [0.15, 0.2) is 0 Å². The number of allylic oxidation sites excluding steroid dienone is 1. The Hall–Kier alpha value is -3.64. The molecule has 1 saturated heterocycles. The number of anilines is 1. The number of esters is 2. The Morgan fingerprint density at radius 1 is 1.06 bits per heavy atom. The fourth-order valence-electron chi connectivity index (χ4n) is 5.91. The second kappa shape index (κ2) is 14.6. The van der Waals surface area contributed by atoms with Crippen LogP contribution >= 0.6 is 11.6 Å². The van der Waals surface area contributed by atoms with Gasteiger partial charge in [-0.05, 0) is 109 Å². The van der Waals surface area contributed by atoms with E-state index in [4.69, 9.17) is 25.8 Å². The zero-order valence-corrected chi connectivity index (χ0v) is 29.2. The molecule has 0 saturated carbocycles. The topological polar surface area (TPSA) is 120 Å². The van der Waals surface area contributed by atoms with Crippen molar-refractivity contribution in [3.63, 3.8) is 0 Å². The van der Waals surface area contributed by atoms with Gasteiger partial charge in [0.2, 0.25) is 10.0 Å². The highest BCUT2D eigenvalue weighted by Gasteiger charge is 2.41. The minimum atomic E-state index is -4.29. The molecule has 2 aliphatic rings. The van der Waals surface area contributed by atoms with E-state index < -0.39 is 50.8 Å². The average molecular weight is 693 g/mol. The van der Waals surface area contributed by atoms with E-state index in [1.54, 1.807) is 59.8 Å². The van der Waals surface area contributed by atoms with Gasteiger partial charge in [0, 0.05) is 6.54 Å². The number of halogens is 2. The van der Waals surface area contributed by atoms with Crippen molar-refractivity contribution < 1.29 is 41.4 Å². The van der Waals surface area contributed by atoms with E-state index in [9.17, 15) is 27.2 Å². The molecule has 1 heterocycles. The maximum Gasteiger partial charge on any atom is 0.411 e. The fraction of sp³-hybridized carbons (Fsp3) is 0.500. The van der Waals surface area contributed by atoms with E-state index >= 15 is 0 Å². The summed E-state index contributed by atoms with van der Waals surface area (Å²) < 4.78 is 60.3. The van der Waals surface area contributed by atoms with Crippen molar-refractivity contribution in [2.75, 3.05) is 17.5 Å². The third-order valence-electron chi connectivity index (χ3n) is 7.94. The third-order valence-corrected chi connectivity index (χ3v) is 10.4. The number of likely N-dealkylation sites (tertiary alicyclic amines) is 1. The van der Waals surface area contributed by atoms with E-state index in [0.717, 1.165) is 16.4 Å². The summed E-state index contributed by atoms with van der Waals surface area (Å²) in [6, 6.07) is 6.03. The smallest absolute Gasteiger partial charge is 0.411 e. The fourth-order valence-corrected chi connectivity index (χ4v) is 8.28. The standard InChI is InChI=1S/C34H42ClFN2O8S/c1-7-44-31(39)25-11-8-9-13-29(25)47(42,43)38(27-15-14-24(36)19-26(27)35)20-23-17-21(2)30(22(3)18-23)45-32(40)28-12-10-16-37(28)33(41)46-34(4,5)6/h11,14-15,17-19,28-29H,7-10,12-13,16,20H2,1-6H3/t28-,29?/m0/s1. The number of amides is 1. The van der Waals surface area contributed by atoms with Crippen LogP contribution in [0.3, 0.4) is 0 Å². The van der Waals surface area contributed by atoms with Gasteiger partial charge in [-0.3, -0.25) is 9.21 Å². The molecule has 1 amide bonds. The lowest BCUT2D eigenvalue weighted by Gasteiger charge is -2.32. The highest BCUT2D eigenvalue weighted by molar-refractivity contribution is 7.93. The van der Waals surface area contributed by atoms with Gasteiger partial charge in [-0.25, -0.2) is 27.2 Å². The maximum atomic E-state index is 14.4. The number of sulfonamides is 1. The van der Waals surface area contributed by atoms with Crippen molar-refractivity contribution in [3.05, 3.63) is 69.5 Å². The Balaban J connectivity index is 1.65. The van der Waals surface area contributed by atoms with Crippen LogP contribution in [0.5, 0.6) is 5.75 Å². The summed E-state index contributed by atoms with van der Waals surface area (Å²) >= 11 is 6.41. The van der Waals surface area contributed by atoms with Crippen molar-refractivity contribution in [3.8, 4) is 5.75 Å². The first-order valence-electron chi connectivity index (χ1n) is 15.7. The lowest BCUT2D eigenvalue weighted by Crippen LogP contribution is -2.44. The Bertz CT molecular complexity index is 1650. The number of hydrogen-bond acceptors (Lipinski definition) is 8. The lowest BCUT2D eigenvalue weighted by atomic mass is 9.99. The summed E-state index contributed by atoms with van der Waals surface area (Å²) in [5.74, 6) is -1.63. The van der Waals surface area contributed by atoms with Crippen LogP contribution in [0.25, 0.3) is 0 Å². The molecule has 0 aromatic heterocycles. The molecule has 1 aliphatic carbocycles. The van der Waals surface area contributed by atoms with Crippen molar-refractivity contribution >= 4 is 45.3 Å². The van der Waals surface area contributed by atoms with Gasteiger partial charge in [0.05, 0.1) is 29.4 Å². The van der Waals surface area contributed by atoms with Crippen molar-refractivity contribution in [1.29, 1.82) is 0 Å². The summed E-state index contributed by atoms with van der Waals surface area (Å²) in [7, 11) is -4.29. The van der Waals surface area contributed by atoms with Gasteiger partial charge in [-0.2, -0.15) is 0 Å². The largest absolute Gasteiger partial charge is 0.463 e. The summed E-state index contributed by atoms with van der Waals surface area (Å²) in [6.07, 6.45) is 3.34. The van der Waals surface area contributed by atoms with Gasteiger partial charge in [0.25, 0.3) is 0 Å². The Kier molecular flexibility index (Phi) is 11.3. The minimum absolute atomic E-state index is 0.0520. The van der Waals surface area contributed by atoms with Crippen LogP contribution in [0.1, 0.15) is 76.5 Å². The Morgan fingerprint density at radius 2 is 1.74 bits per heavy atom. The van der Waals surface area contributed by atoms with Crippen LogP contribution in [0.2, 0.25) is 5.02 Å². The van der Waals surface area contributed by atoms with Gasteiger partial charge in [-0.1, -0.05) is 29.8 Å². The normalized spacial score (nSPS) is 18.4. The van der Waals surface area contributed by atoms with E-state index in [0.29, 0.717) is 54.7 Å². The lowest BCUT2D eigenvalue weighted by molar-refractivity contribution is -0.139. The van der Waals surface area contributed by atoms with Crippen molar-refractivity contribution in [1.82, 2.24) is 4.90 Å². The molecule has 2 aromatic carbocycles. The molecule has 2 atom stereocenters. The summed E-state index contributed by atoms with van der Waals surface area (Å²) in [5.41, 5.74) is 1.05. The van der Waals surface area contributed by atoms with Gasteiger partial charge < -0.3 is 14.2 Å². The van der Waals surface area contributed by atoms with Crippen LogP contribution in [-0.2, 0) is 35.6 Å². The monoisotopic (exact) mass is 692 g/mol. The first-order valence-corrected chi connectivity index (χ1v) is 17.6. The molecule has 4 rings (SSSR count). The highest BCUT2D eigenvalue weighted by Crippen LogP contribution is 2.37. The number of carbonyl (C=O) groups is 3. The molecule has 0 N–H and O–H groups in total. The SMILES string of the molecule is CCOC(=O)C1=CCCCC1S(=O)(=O)N(Cc1cc(C)c(OC(=O)[C@@H]2CCCN2C(=O)OC(C)(C)C)c(C)c1)c1ccc(F)cc1Cl. The van der Waals surface area contributed by atoms with E-state index in [1.807, 2.05) is 0 Å². The van der Waals surface area contributed by atoms with Gasteiger partial charge >= 0.3 is 18.0 Å². The molecule has 0 radical (unpaired) electrons. The minimum Gasteiger partial charge on any atom is -0.463 e. The van der Waals surface area contributed by atoms with E-state index in [-0.39, 0.29) is 35.9 Å². The number of carbonyl (C=O) groups excluding carboxylic acids is 3.